The maximum absolute atomic E-state index is 12.1. The van der Waals surface area contributed by atoms with Crippen molar-refractivity contribution in [2.75, 3.05) is 0 Å². The Kier molecular flexibility index (Phi) is 3.56. The average molecular weight is 259 g/mol. The van der Waals surface area contributed by atoms with Crippen LogP contribution in [0.2, 0.25) is 0 Å². The second-order valence-corrected chi connectivity index (χ2v) is 5.83. The zero-order valence-corrected chi connectivity index (χ0v) is 11.1. The first-order valence-corrected chi connectivity index (χ1v) is 7.26. The Morgan fingerprint density at radius 3 is 2.26 bits per heavy atom. The fraction of sp³-hybridized carbons (Fsp3) is 0.562. The minimum atomic E-state index is 0.0675. The third-order valence-electron chi connectivity index (χ3n) is 4.63. The van der Waals surface area contributed by atoms with Gasteiger partial charge in [-0.05, 0) is 35.8 Å². The Bertz CT molecular complexity index is 442. The quantitative estimate of drug-likeness (QED) is 0.871. The van der Waals surface area contributed by atoms with Gasteiger partial charge in [-0.2, -0.15) is 0 Å². The van der Waals surface area contributed by atoms with Crippen LogP contribution in [0.5, 0.6) is 0 Å². The van der Waals surface area contributed by atoms with Crippen LogP contribution in [-0.4, -0.2) is 11.0 Å². The number of hydrogen-bond acceptors (Lipinski definition) is 2. The summed E-state index contributed by atoms with van der Waals surface area (Å²) in [6.45, 7) is 0.665. The lowest BCUT2D eigenvalue weighted by Crippen LogP contribution is -2.25. The fourth-order valence-corrected chi connectivity index (χ4v) is 3.45. The van der Waals surface area contributed by atoms with Crippen LogP contribution in [0.15, 0.2) is 24.3 Å². The van der Waals surface area contributed by atoms with Crippen LogP contribution >= 0.6 is 0 Å². The highest BCUT2D eigenvalue weighted by Crippen LogP contribution is 2.55. The lowest BCUT2D eigenvalue weighted by Gasteiger charge is -2.05. The molecule has 3 heteroatoms. The van der Waals surface area contributed by atoms with Crippen molar-refractivity contribution in [1.82, 2.24) is 5.32 Å². The number of fused-ring (bicyclic) bond motifs is 1. The third kappa shape index (κ3) is 2.66. The third-order valence-corrected chi connectivity index (χ3v) is 4.63. The van der Waals surface area contributed by atoms with Gasteiger partial charge < -0.3 is 10.4 Å². The zero-order valence-electron chi connectivity index (χ0n) is 11.1. The van der Waals surface area contributed by atoms with E-state index in [1.807, 2.05) is 24.3 Å². The van der Waals surface area contributed by atoms with Crippen molar-refractivity contribution < 1.29 is 9.90 Å². The molecule has 0 radical (unpaired) electrons. The normalized spacial score (nSPS) is 28.6. The SMILES string of the molecule is O=C(NCc1ccc(CO)cc1)C1C2CCCCC21. The number of rotatable bonds is 4. The summed E-state index contributed by atoms with van der Waals surface area (Å²) in [5.41, 5.74) is 2.00. The number of hydrogen-bond donors (Lipinski definition) is 2. The number of carbonyl (C=O) groups is 1. The van der Waals surface area contributed by atoms with Gasteiger partial charge in [-0.3, -0.25) is 4.79 Å². The van der Waals surface area contributed by atoms with E-state index in [-0.39, 0.29) is 12.5 Å². The smallest absolute Gasteiger partial charge is 0.223 e. The topological polar surface area (TPSA) is 49.3 Å². The molecule has 0 aromatic heterocycles. The van der Waals surface area contributed by atoms with E-state index >= 15 is 0 Å². The van der Waals surface area contributed by atoms with E-state index in [9.17, 15) is 4.79 Å². The van der Waals surface area contributed by atoms with Gasteiger partial charge in [-0.25, -0.2) is 0 Å². The highest BCUT2D eigenvalue weighted by atomic mass is 16.3. The minimum Gasteiger partial charge on any atom is -0.392 e. The van der Waals surface area contributed by atoms with Gasteiger partial charge in [0.25, 0.3) is 0 Å². The number of carbonyl (C=O) groups excluding carboxylic acids is 1. The molecule has 2 N–H and O–H groups in total. The van der Waals surface area contributed by atoms with E-state index in [2.05, 4.69) is 5.32 Å². The van der Waals surface area contributed by atoms with Crippen molar-refractivity contribution in [3.8, 4) is 0 Å². The molecular weight excluding hydrogens is 238 g/mol. The van der Waals surface area contributed by atoms with Crippen molar-refractivity contribution in [3.63, 3.8) is 0 Å². The first-order valence-electron chi connectivity index (χ1n) is 7.26. The first-order chi connectivity index (χ1) is 9.29. The molecule has 0 spiro atoms. The molecule has 1 aromatic carbocycles. The standard InChI is InChI=1S/C16H21NO2/c18-10-12-7-5-11(6-8-12)9-17-16(19)15-13-3-1-2-4-14(13)15/h5-8,13-15,18H,1-4,9-10H2,(H,17,19). The molecule has 102 valence electrons. The molecule has 2 aliphatic rings. The summed E-state index contributed by atoms with van der Waals surface area (Å²) >= 11 is 0. The Hall–Kier alpha value is -1.35. The molecule has 0 aliphatic heterocycles. The second kappa shape index (κ2) is 5.33. The maximum atomic E-state index is 12.1. The van der Waals surface area contributed by atoms with E-state index in [4.69, 9.17) is 5.11 Å². The number of benzene rings is 1. The van der Waals surface area contributed by atoms with Crippen molar-refractivity contribution >= 4 is 5.91 Å². The van der Waals surface area contributed by atoms with Crippen LogP contribution in [0, 0.1) is 17.8 Å². The van der Waals surface area contributed by atoms with E-state index in [1.165, 1.54) is 25.7 Å². The Labute approximate surface area is 114 Å². The largest absolute Gasteiger partial charge is 0.392 e. The lowest BCUT2D eigenvalue weighted by molar-refractivity contribution is -0.123. The fourth-order valence-electron chi connectivity index (χ4n) is 3.45. The highest BCUT2D eigenvalue weighted by molar-refractivity contribution is 5.82. The van der Waals surface area contributed by atoms with Crippen LogP contribution in [0.3, 0.4) is 0 Å². The van der Waals surface area contributed by atoms with Gasteiger partial charge in [-0.15, -0.1) is 0 Å². The first kappa shape index (κ1) is 12.7. The van der Waals surface area contributed by atoms with E-state index < -0.39 is 0 Å². The van der Waals surface area contributed by atoms with Crippen LogP contribution in [0.1, 0.15) is 36.8 Å². The summed E-state index contributed by atoms with van der Waals surface area (Å²) in [4.78, 5) is 12.1. The summed E-state index contributed by atoms with van der Waals surface area (Å²) in [6, 6.07) is 7.73. The predicted molar refractivity (Wildman–Crippen MR) is 73.1 cm³/mol. The molecule has 19 heavy (non-hydrogen) atoms. The van der Waals surface area contributed by atoms with Gasteiger partial charge >= 0.3 is 0 Å². The average Bonchev–Trinajstić information content (AvgIpc) is 3.19. The summed E-state index contributed by atoms with van der Waals surface area (Å²) in [7, 11) is 0. The van der Waals surface area contributed by atoms with Gasteiger partial charge in [-0.1, -0.05) is 37.1 Å². The molecule has 0 saturated heterocycles. The molecule has 1 amide bonds. The summed E-state index contributed by atoms with van der Waals surface area (Å²) in [5, 5.41) is 12.0. The molecule has 2 saturated carbocycles. The monoisotopic (exact) mass is 259 g/mol. The lowest BCUT2D eigenvalue weighted by atomic mass is 10.0. The van der Waals surface area contributed by atoms with Gasteiger partial charge in [0, 0.05) is 12.5 Å². The van der Waals surface area contributed by atoms with E-state index in [0.29, 0.717) is 24.3 Å². The van der Waals surface area contributed by atoms with Gasteiger partial charge in [0.15, 0.2) is 0 Å². The molecule has 0 bridgehead atoms. The highest BCUT2D eigenvalue weighted by Gasteiger charge is 2.54. The number of nitrogens with one attached hydrogen (secondary N) is 1. The zero-order chi connectivity index (χ0) is 13.2. The Morgan fingerprint density at radius 2 is 1.68 bits per heavy atom. The van der Waals surface area contributed by atoms with E-state index in [1.54, 1.807) is 0 Å². The molecule has 2 atom stereocenters. The molecule has 2 fully saturated rings. The molecule has 1 aromatic rings. The number of aliphatic hydroxyl groups is 1. The van der Waals surface area contributed by atoms with Crippen LogP contribution in [0.4, 0.5) is 0 Å². The van der Waals surface area contributed by atoms with Crippen LogP contribution in [0.25, 0.3) is 0 Å². The van der Waals surface area contributed by atoms with Gasteiger partial charge in [0.1, 0.15) is 0 Å². The second-order valence-electron chi connectivity index (χ2n) is 5.83. The molecule has 0 heterocycles. The minimum absolute atomic E-state index is 0.0675. The molecule has 2 unspecified atom stereocenters. The summed E-state index contributed by atoms with van der Waals surface area (Å²) in [6.07, 6.45) is 5.09. The van der Waals surface area contributed by atoms with Gasteiger partial charge in [0.05, 0.1) is 6.61 Å². The van der Waals surface area contributed by atoms with E-state index in [0.717, 1.165) is 11.1 Å². The van der Waals surface area contributed by atoms with Crippen LogP contribution in [-0.2, 0) is 17.9 Å². The Balaban J connectivity index is 1.50. The molecule has 2 aliphatic carbocycles. The van der Waals surface area contributed by atoms with Crippen molar-refractivity contribution in [2.45, 2.75) is 38.8 Å². The summed E-state index contributed by atoms with van der Waals surface area (Å²) < 4.78 is 0. The maximum Gasteiger partial charge on any atom is 0.223 e. The van der Waals surface area contributed by atoms with Gasteiger partial charge in [0.2, 0.25) is 5.91 Å². The number of aliphatic hydroxyl groups excluding tert-OH is 1. The van der Waals surface area contributed by atoms with Crippen molar-refractivity contribution in [1.29, 1.82) is 0 Å². The molecule has 3 nitrogen and oxygen atoms in total. The summed E-state index contributed by atoms with van der Waals surface area (Å²) in [5.74, 6) is 1.87. The molecule has 3 rings (SSSR count). The molecular formula is C16H21NO2. The van der Waals surface area contributed by atoms with Crippen molar-refractivity contribution in [2.24, 2.45) is 17.8 Å². The predicted octanol–water partition coefficient (Wildman–Crippen LogP) is 2.23. The van der Waals surface area contributed by atoms with Crippen LogP contribution < -0.4 is 5.32 Å². The number of amides is 1. The Morgan fingerprint density at radius 1 is 1.11 bits per heavy atom. The van der Waals surface area contributed by atoms with Crippen molar-refractivity contribution in [3.05, 3.63) is 35.4 Å².